The van der Waals surface area contributed by atoms with Gasteiger partial charge in [0, 0.05) is 25.6 Å². The topological polar surface area (TPSA) is 88.3 Å². The molecule has 2 aromatic rings. The van der Waals surface area contributed by atoms with Crippen molar-refractivity contribution >= 4 is 11.8 Å². The summed E-state index contributed by atoms with van der Waals surface area (Å²) in [5.74, 6) is 0.702. The molecule has 1 aliphatic rings. The first-order valence-corrected chi connectivity index (χ1v) is 8.84. The maximum atomic E-state index is 12.9. The smallest absolute Gasteiger partial charge is 0.253 e. The van der Waals surface area contributed by atoms with E-state index in [1.54, 1.807) is 24.0 Å². The Bertz CT molecular complexity index is 789. The molecule has 7 heteroatoms. The van der Waals surface area contributed by atoms with Crippen LogP contribution in [0.3, 0.4) is 0 Å². The van der Waals surface area contributed by atoms with Gasteiger partial charge >= 0.3 is 0 Å². The maximum Gasteiger partial charge on any atom is 0.253 e. The van der Waals surface area contributed by atoms with E-state index in [4.69, 9.17) is 4.42 Å². The van der Waals surface area contributed by atoms with Crippen molar-refractivity contribution in [2.75, 3.05) is 13.1 Å². The molecule has 0 bridgehead atoms. The fourth-order valence-electron chi connectivity index (χ4n) is 3.28. The van der Waals surface area contributed by atoms with Gasteiger partial charge in [-0.2, -0.15) is 0 Å². The highest BCUT2D eigenvalue weighted by atomic mass is 16.4. The van der Waals surface area contributed by atoms with E-state index in [9.17, 15) is 9.59 Å². The molecule has 26 heavy (non-hydrogen) atoms. The number of hydrogen-bond acceptors (Lipinski definition) is 5. The predicted molar refractivity (Wildman–Crippen MR) is 95.3 cm³/mol. The van der Waals surface area contributed by atoms with Crippen LogP contribution in [0.5, 0.6) is 0 Å². The summed E-state index contributed by atoms with van der Waals surface area (Å²) in [5.41, 5.74) is -0.00157. The number of aromatic nitrogens is 2. The van der Waals surface area contributed by atoms with E-state index in [1.165, 1.54) is 0 Å². The van der Waals surface area contributed by atoms with Crippen molar-refractivity contribution in [1.82, 2.24) is 20.4 Å². The molecule has 1 N–H and O–H groups in total. The molecule has 0 spiro atoms. The second kappa shape index (κ2) is 7.27. The molecule has 1 aliphatic heterocycles. The highest BCUT2D eigenvalue weighted by molar-refractivity contribution is 5.95. The Hall–Kier alpha value is -2.70. The minimum Gasteiger partial charge on any atom is -0.423 e. The van der Waals surface area contributed by atoms with Gasteiger partial charge in [-0.25, -0.2) is 0 Å². The van der Waals surface area contributed by atoms with Crippen LogP contribution >= 0.6 is 0 Å². The lowest BCUT2D eigenvalue weighted by atomic mass is 9.80. The number of likely N-dealkylation sites (tertiary alicyclic amines) is 1. The van der Waals surface area contributed by atoms with Crippen LogP contribution in [-0.2, 0) is 4.79 Å². The highest BCUT2D eigenvalue weighted by Crippen LogP contribution is 2.31. The van der Waals surface area contributed by atoms with Gasteiger partial charge in [0.05, 0.1) is 5.41 Å². The van der Waals surface area contributed by atoms with Gasteiger partial charge in [-0.3, -0.25) is 9.59 Å². The number of carbonyl (C=O) groups excluding carboxylic acids is 2. The van der Waals surface area contributed by atoms with Gasteiger partial charge in [0.1, 0.15) is 6.04 Å². The maximum absolute atomic E-state index is 12.9. The summed E-state index contributed by atoms with van der Waals surface area (Å²) in [7, 11) is 0. The van der Waals surface area contributed by atoms with E-state index < -0.39 is 5.41 Å². The quantitative estimate of drug-likeness (QED) is 0.909. The van der Waals surface area contributed by atoms with Gasteiger partial charge in [0.25, 0.3) is 5.91 Å². The van der Waals surface area contributed by atoms with E-state index in [2.05, 4.69) is 15.5 Å². The van der Waals surface area contributed by atoms with Crippen molar-refractivity contribution in [3.05, 3.63) is 47.7 Å². The van der Waals surface area contributed by atoms with Crippen LogP contribution in [-0.4, -0.2) is 40.0 Å². The Kier molecular flexibility index (Phi) is 5.06. The Morgan fingerprint density at radius 2 is 2.00 bits per heavy atom. The lowest BCUT2D eigenvalue weighted by Crippen LogP contribution is -2.52. The Morgan fingerprint density at radius 3 is 2.65 bits per heavy atom. The van der Waals surface area contributed by atoms with Gasteiger partial charge in [-0.1, -0.05) is 18.2 Å². The van der Waals surface area contributed by atoms with Crippen LogP contribution in [0.4, 0.5) is 0 Å². The number of benzene rings is 1. The van der Waals surface area contributed by atoms with Crippen LogP contribution < -0.4 is 5.32 Å². The number of rotatable bonds is 4. The molecular formula is C19H24N4O3. The number of nitrogens with zero attached hydrogens (tertiary/aromatic N) is 3. The molecule has 2 heterocycles. The van der Waals surface area contributed by atoms with Gasteiger partial charge in [0.15, 0.2) is 0 Å². The molecule has 3 rings (SSSR count). The number of amides is 2. The summed E-state index contributed by atoms with van der Waals surface area (Å²) in [6.45, 7) is 6.47. The summed E-state index contributed by atoms with van der Waals surface area (Å²) in [4.78, 5) is 27.4. The van der Waals surface area contributed by atoms with Crippen LogP contribution in [0, 0.1) is 12.3 Å². The van der Waals surface area contributed by atoms with E-state index in [1.807, 2.05) is 32.0 Å². The third-order valence-electron chi connectivity index (χ3n) is 4.81. The fourth-order valence-corrected chi connectivity index (χ4v) is 3.28. The summed E-state index contributed by atoms with van der Waals surface area (Å²) in [6.07, 6.45) is 1.52. The standard InChI is InChI=1S/C19H24N4O3/c1-13(16-22-21-14(2)26-16)20-18(25)19(3)10-7-11-23(12-19)17(24)15-8-5-4-6-9-15/h4-6,8-9,13H,7,10-12H2,1-3H3,(H,20,25). The average molecular weight is 356 g/mol. The number of piperidine rings is 1. The normalized spacial score (nSPS) is 21.3. The van der Waals surface area contributed by atoms with E-state index in [-0.39, 0.29) is 17.9 Å². The second-order valence-electron chi connectivity index (χ2n) is 7.11. The number of carbonyl (C=O) groups is 2. The first-order valence-electron chi connectivity index (χ1n) is 8.84. The zero-order chi connectivity index (χ0) is 18.7. The fraction of sp³-hybridized carbons (Fsp3) is 0.474. The van der Waals surface area contributed by atoms with E-state index in [0.29, 0.717) is 30.4 Å². The Balaban J connectivity index is 1.68. The molecule has 2 atom stereocenters. The molecular weight excluding hydrogens is 332 g/mol. The molecule has 0 saturated carbocycles. The average Bonchev–Trinajstić information content (AvgIpc) is 3.08. The summed E-state index contributed by atoms with van der Waals surface area (Å²) in [5, 5.41) is 10.7. The van der Waals surface area contributed by atoms with Crippen molar-refractivity contribution in [3.63, 3.8) is 0 Å². The van der Waals surface area contributed by atoms with Crippen LogP contribution in [0.1, 0.15) is 54.9 Å². The van der Waals surface area contributed by atoms with Crippen molar-refractivity contribution in [3.8, 4) is 0 Å². The molecule has 1 aromatic heterocycles. The van der Waals surface area contributed by atoms with Crippen LogP contribution in [0.25, 0.3) is 0 Å². The molecule has 0 aliphatic carbocycles. The van der Waals surface area contributed by atoms with Crippen LogP contribution in [0.15, 0.2) is 34.7 Å². The minimum absolute atomic E-state index is 0.0371. The molecule has 1 saturated heterocycles. The third kappa shape index (κ3) is 3.76. The largest absolute Gasteiger partial charge is 0.423 e. The molecule has 2 amide bonds. The minimum atomic E-state index is -0.647. The molecule has 1 fully saturated rings. The van der Waals surface area contributed by atoms with E-state index in [0.717, 1.165) is 12.8 Å². The predicted octanol–water partition coefficient (Wildman–Crippen LogP) is 2.50. The highest BCUT2D eigenvalue weighted by Gasteiger charge is 2.40. The molecule has 1 aromatic carbocycles. The summed E-state index contributed by atoms with van der Waals surface area (Å²) < 4.78 is 5.38. The number of nitrogens with one attached hydrogen (secondary N) is 1. The van der Waals surface area contributed by atoms with Gasteiger partial charge in [-0.05, 0) is 38.8 Å². The monoisotopic (exact) mass is 356 g/mol. The molecule has 7 nitrogen and oxygen atoms in total. The van der Waals surface area contributed by atoms with Crippen LogP contribution in [0.2, 0.25) is 0 Å². The van der Waals surface area contributed by atoms with Gasteiger partial charge in [0.2, 0.25) is 17.7 Å². The SMILES string of the molecule is Cc1nnc(C(C)NC(=O)C2(C)CCCN(C(=O)c3ccccc3)C2)o1. The molecule has 0 radical (unpaired) electrons. The molecule has 138 valence electrons. The first-order chi connectivity index (χ1) is 12.4. The summed E-state index contributed by atoms with van der Waals surface area (Å²) in [6, 6.07) is 8.79. The number of hydrogen-bond donors (Lipinski definition) is 1. The Morgan fingerprint density at radius 1 is 1.27 bits per heavy atom. The Labute approximate surface area is 152 Å². The second-order valence-corrected chi connectivity index (χ2v) is 7.11. The van der Waals surface area contributed by atoms with Gasteiger partial charge in [-0.15, -0.1) is 10.2 Å². The van der Waals surface area contributed by atoms with Crippen molar-refractivity contribution in [2.24, 2.45) is 5.41 Å². The number of aryl methyl sites for hydroxylation is 1. The van der Waals surface area contributed by atoms with Crippen molar-refractivity contribution in [1.29, 1.82) is 0 Å². The third-order valence-corrected chi connectivity index (χ3v) is 4.81. The zero-order valence-corrected chi connectivity index (χ0v) is 15.4. The molecule has 2 unspecified atom stereocenters. The zero-order valence-electron chi connectivity index (χ0n) is 15.4. The lowest BCUT2D eigenvalue weighted by molar-refractivity contribution is -0.133. The van der Waals surface area contributed by atoms with Crippen molar-refractivity contribution < 1.29 is 14.0 Å². The van der Waals surface area contributed by atoms with E-state index >= 15 is 0 Å². The van der Waals surface area contributed by atoms with Crippen molar-refractivity contribution in [2.45, 2.75) is 39.7 Å². The lowest BCUT2D eigenvalue weighted by Gasteiger charge is -2.39. The van der Waals surface area contributed by atoms with Gasteiger partial charge < -0.3 is 14.6 Å². The first kappa shape index (κ1) is 18.1. The summed E-state index contributed by atoms with van der Waals surface area (Å²) >= 11 is 0.